The highest BCUT2D eigenvalue weighted by Crippen LogP contribution is 2.16. The van der Waals surface area contributed by atoms with E-state index in [9.17, 15) is 19.2 Å². The van der Waals surface area contributed by atoms with Crippen LogP contribution in [0, 0.1) is 0 Å². The van der Waals surface area contributed by atoms with Crippen molar-refractivity contribution in [3.05, 3.63) is 39.2 Å². The van der Waals surface area contributed by atoms with Gasteiger partial charge in [0, 0.05) is 24.9 Å². The van der Waals surface area contributed by atoms with Crippen LogP contribution in [0.15, 0.2) is 27.9 Å². The average Bonchev–Trinajstić information content (AvgIpc) is 2.63. The zero-order chi connectivity index (χ0) is 14.0. The molecule has 0 spiro atoms. The Labute approximate surface area is 108 Å². The van der Waals surface area contributed by atoms with E-state index in [1.807, 2.05) is 11.9 Å². The molecule has 0 saturated carbocycles. The van der Waals surface area contributed by atoms with E-state index in [1.54, 1.807) is 0 Å². The minimum atomic E-state index is -0.739. The molecule has 0 bridgehead atoms. The molecule has 0 fully saturated rings. The molecule has 0 unspecified atom stereocenters. The molecular formula is C12H13N3O4. The Hall–Kier alpha value is -2.44. The topological polar surface area (TPSA) is 92.2 Å². The SMILES string of the molecule is CCCCN1C(=O)C=C(n2ccc(=O)[nH]c2=O)C1=O. The van der Waals surface area contributed by atoms with Crippen LogP contribution in [0.4, 0.5) is 0 Å². The molecule has 0 atom stereocenters. The lowest BCUT2D eigenvalue weighted by atomic mass is 10.3. The molecule has 0 radical (unpaired) electrons. The molecule has 1 aliphatic rings. The fraction of sp³-hybridized carbons (Fsp3) is 0.333. The van der Waals surface area contributed by atoms with Crippen molar-refractivity contribution < 1.29 is 9.59 Å². The number of rotatable bonds is 4. The molecule has 100 valence electrons. The highest BCUT2D eigenvalue weighted by Gasteiger charge is 2.31. The number of aromatic nitrogens is 2. The summed E-state index contributed by atoms with van der Waals surface area (Å²) in [5, 5.41) is 0. The summed E-state index contributed by atoms with van der Waals surface area (Å²) in [7, 11) is 0. The number of carbonyl (C=O) groups is 2. The first-order valence-corrected chi connectivity index (χ1v) is 5.94. The van der Waals surface area contributed by atoms with Crippen LogP contribution >= 0.6 is 0 Å². The monoisotopic (exact) mass is 263 g/mol. The summed E-state index contributed by atoms with van der Waals surface area (Å²) in [5.41, 5.74) is -1.33. The average molecular weight is 263 g/mol. The normalized spacial score (nSPS) is 15.0. The van der Waals surface area contributed by atoms with Gasteiger partial charge in [0.2, 0.25) is 0 Å². The number of nitrogens with zero attached hydrogens (tertiary/aromatic N) is 2. The van der Waals surface area contributed by atoms with E-state index < -0.39 is 23.1 Å². The van der Waals surface area contributed by atoms with Crippen molar-refractivity contribution in [3.8, 4) is 0 Å². The van der Waals surface area contributed by atoms with Crippen molar-refractivity contribution in [2.45, 2.75) is 19.8 Å². The first kappa shape index (κ1) is 13.0. The number of unbranched alkanes of at least 4 members (excludes halogenated alkanes) is 1. The third-order valence-corrected chi connectivity index (χ3v) is 2.81. The minimum absolute atomic E-state index is 0.0395. The number of imide groups is 1. The van der Waals surface area contributed by atoms with E-state index in [1.165, 1.54) is 6.20 Å². The summed E-state index contributed by atoms with van der Waals surface area (Å²) in [5.74, 6) is -0.959. The van der Waals surface area contributed by atoms with Gasteiger partial charge in [-0.05, 0) is 6.42 Å². The summed E-state index contributed by atoms with van der Waals surface area (Å²) < 4.78 is 0.966. The third kappa shape index (κ3) is 2.40. The predicted molar refractivity (Wildman–Crippen MR) is 67.2 cm³/mol. The van der Waals surface area contributed by atoms with Crippen molar-refractivity contribution in [2.24, 2.45) is 0 Å². The molecule has 2 amide bonds. The molecule has 1 aromatic rings. The summed E-state index contributed by atoms with van der Waals surface area (Å²) in [6.07, 6.45) is 3.85. The van der Waals surface area contributed by atoms with Gasteiger partial charge in [-0.15, -0.1) is 0 Å². The van der Waals surface area contributed by atoms with E-state index in [2.05, 4.69) is 0 Å². The Morgan fingerprint density at radius 2 is 1.95 bits per heavy atom. The van der Waals surface area contributed by atoms with Crippen molar-refractivity contribution in [1.82, 2.24) is 14.5 Å². The number of hydrogen-bond donors (Lipinski definition) is 1. The standard InChI is InChI=1S/C12H13N3O4/c1-2-3-5-15-10(17)7-8(11(15)18)14-6-4-9(16)13-12(14)19/h4,6-7H,2-3,5H2,1H3,(H,13,16,19). The zero-order valence-corrected chi connectivity index (χ0v) is 10.4. The lowest BCUT2D eigenvalue weighted by Gasteiger charge is -2.14. The first-order chi connectivity index (χ1) is 9.04. The summed E-state index contributed by atoms with van der Waals surface area (Å²) in [6.45, 7) is 2.28. The van der Waals surface area contributed by atoms with Crippen molar-refractivity contribution in [3.63, 3.8) is 0 Å². The second kappa shape index (κ2) is 5.05. The summed E-state index contributed by atoms with van der Waals surface area (Å²) >= 11 is 0. The van der Waals surface area contributed by atoms with Crippen LogP contribution in [0.1, 0.15) is 19.8 Å². The Balaban J connectivity index is 2.34. The van der Waals surface area contributed by atoms with Gasteiger partial charge in [-0.25, -0.2) is 4.79 Å². The van der Waals surface area contributed by atoms with E-state index in [0.29, 0.717) is 13.0 Å². The van der Waals surface area contributed by atoms with Gasteiger partial charge in [0.05, 0.1) is 0 Å². The van der Waals surface area contributed by atoms with E-state index in [-0.39, 0.29) is 5.70 Å². The maximum atomic E-state index is 12.0. The fourth-order valence-electron chi connectivity index (χ4n) is 1.80. The maximum Gasteiger partial charge on any atom is 0.333 e. The van der Waals surface area contributed by atoms with Crippen LogP contribution < -0.4 is 11.2 Å². The van der Waals surface area contributed by atoms with E-state index >= 15 is 0 Å². The highest BCUT2D eigenvalue weighted by molar-refractivity contribution is 6.29. The number of hydrogen-bond acceptors (Lipinski definition) is 4. The number of nitrogens with one attached hydrogen (secondary N) is 1. The molecule has 1 N–H and O–H groups in total. The number of amides is 2. The maximum absolute atomic E-state index is 12.0. The van der Waals surface area contributed by atoms with Gasteiger partial charge in [-0.2, -0.15) is 0 Å². The van der Waals surface area contributed by atoms with Crippen LogP contribution in [0.25, 0.3) is 5.70 Å². The zero-order valence-electron chi connectivity index (χ0n) is 10.4. The Bertz CT molecular complexity index is 668. The molecule has 2 heterocycles. The molecule has 0 aromatic carbocycles. The third-order valence-electron chi connectivity index (χ3n) is 2.81. The quantitative estimate of drug-likeness (QED) is 0.744. The minimum Gasteiger partial charge on any atom is -0.274 e. The smallest absolute Gasteiger partial charge is 0.274 e. The first-order valence-electron chi connectivity index (χ1n) is 5.94. The largest absolute Gasteiger partial charge is 0.333 e. The predicted octanol–water partition coefficient (Wildman–Crippen LogP) is -0.454. The lowest BCUT2D eigenvalue weighted by Crippen LogP contribution is -2.35. The highest BCUT2D eigenvalue weighted by atomic mass is 16.2. The Kier molecular flexibility index (Phi) is 3.46. The fourth-order valence-corrected chi connectivity index (χ4v) is 1.80. The second-order valence-electron chi connectivity index (χ2n) is 4.16. The number of carbonyl (C=O) groups excluding carboxylic acids is 2. The molecule has 2 rings (SSSR count). The Morgan fingerprint density at radius 3 is 2.58 bits per heavy atom. The van der Waals surface area contributed by atoms with E-state index in [0.717, 1.165) is 28.0 Å². The number of aromatic amines is 1. The van der Waals surface area contributed by atoms with E-state index in [4.69, 9.17) is 0 Å². The second-order valence-corrected chi connectivity index (χ2v) is 4.16. The van der Waals surface area contributed by atoms with Gasteiger partial charge >= 0.3 is 5.69 Å². The van der Waals surface area contributed by atoms with Gasteiger partial charge in [0.15, 0.2) is 0 Å². The van der Waals surface area contributed by atoms with Gasteiger partial charge in [-0.1, -0.05) is 13.3 Å². The molecule has 1 aromatic heterocycles. The summed E-state index contributed by atoms with van der Waals surface area (Å²) in [4.78, 5) is 49.4. The molecule has 1 aliphatic heterocycles. The molecule has 7 heteroatoms. The van der Waals surface area contributed by atoms with Crippen LogP contribution in [-0.2, 0) is 9.59 Å². The molecule has 0 saturated heterocycles. The van der Waals surface area contributed by atoms with Gasteiger partial charge in [-0.3, -0.25) is 28.8 Å². The van der Waals surface area contributed by atoms with Gasteiger partial charge in [0.25, 0.3) is 17.4 Å². The number of H-pyrrole nitrogens is 1. The summed E-state index contributed by atoms with van der Waals surface area (Å²) in [6, 6.07) is 1.12. The van der Waals surface area contributed by atoms with Crippen LogP contribution in [-0.4, -0.2) is 32.8 Å². The molecule has 0 aliphatic carbocycles. The van der Waals surface area contributed by atoms with Gasteiger partial charge in [0.1, 0.15) is 5.70 Å². The Morgan fingerprint density at radius 1 is 1.21 bits per heavy atom. The van der Waals surface area contributed by atoms with Crippen molar-refractivity contribution in [1.29, 1.82) is 0 Å². The lowest BCUT2D eigenvalue weighted by molar-refractivity contribution is -0.136. The van der Waals surface area contributed by atoms with Crippen LogP contribution in [0.3, 0.4) is 0 Å². The molecule has 7 nitrogen and oxygen atoms in total. The van der Waals surface area contributed by atoms with Gasteiger partial charge < -0.3 is 0 Å². The molecule has 19 heavy (non-hydrogen) atoms. The van der Waals surface area contributed by atoms with Crippen LogP contribution in [0.5, 0.6) is 0 Å². The van der Waals surface area contributed by atoms with Crippen molar-refractivity contribution >= 4 is 17.5 Å². The van der Waals surface area contributed by atoms with Crippen molar-refractivity contribution in [2.75, 3.05) is 6.54 Å². The molecular weight excluding hydrogens is 250 g/mol. The van der Waals surface area contributed by atoms with Crippen LogP contribution in [0.2, 0.25) is 0 Å².